The molecule has 3 nitrogen and oxygen atoms in total. The van der Waals surface area contributed by atoms with E-state index in [1.165, 1.54) is 38.8 Å². The molecular formula is C20H34N2O. The Labute approximate surface area is 141 Å². The summed E-state index contributed by atoms with van der Waals surface area (Å²) in [5.74, 6) is 4.23. The summed E-state index contributed by atoms with van der Waals surface area (Å²) in [5, 5.41) is 0. The van der Waals surface area contributed by atoms with Crippen LogP contribution < -0.4 is 0 Å². The molecule has 0 aromatic carbocycles. The minimum Gasteiger partial charge on any atom is -0.345 e. The molecule has 1 heterocycles. The van der Waals surface area contributed by atoms with E-state index < -0.39 is 0 Å². The van der Waals surface area contributed by atoms with Crippen molar-refractivity contribution in [3.63, 3.8) is 0 Å². The predicted molar refractivity (Wildman–Crippen MR) is 93.1 cm³/mol. The van der Waals surface area contributed by atoms with Gasteiger partial charge in [0.05, 0.1) is 0 Å². The first-order valence-electron chi connectivity index (χ1n) is 9.94. The first kappa shape index (κ1) is 15.9. The third-order valence-electron chi connectivity index (χ3n) is 7.48. The van der Waals surface area contributed by atoms with Crippen molar-refractivity contribution in [1.29, 1.82) is 0 Å². The van der Waals surface area contributed by atoms with Crippen LogP contribution in [0.5, 0.6) is 0 Å². The molecule has 0 aromatic rings. The molecule has 0 radical (unpaired) electrons. The molecule has 5 aliphatic rings. The number of likely N-dealkylation sites (tertiary alicyclic amines) is 1. The maximum absolute atomic E-state index is 11.6. The van der Waals surface area contributed by atoms with Gasteiger partial charge in [-0.15, -0.1) is 0 Å². The van der Waals surface area contributed by atoms with Gasteiger partial charge in [0.1, 0.15) is 0 Å². The van der Waals surface area contributed by atoms with Gasteiger partial charge in [-0.2, -0.15) is 0 Å². The molecule has 1 atom stereocenters. The summed E-state index contributed by atoms with van der Waals surface area (Å²) in [6.45, 7) is 3.39. The van der Waals surface area contributed by atoms with E-state index in [2.05, 4.69) is 11.9 Å². The van der Waals surface area contributed by atoms with Gasteiger partial charge in [-0.25, -0.2) is 0 Å². The lowest BCUT2D eigenvalue weighted by atomic mass is 9.49. The molecule has 1 unspecified atom stereocenters. The van der Waals surface area contributed by atoms with Crippen molar-refractivity contribution in [2.45, 2.75) is 57.8 Å². The Bertz CT molecular complexity index is 425. The van der Waals surface area contributed by atoms with Gasteiger partial charge in [0.15, 0.2) is 0 Å². The monoisotopic (exact) mass is 318 g/mol. The maximum atomic E-state index is 11.6. The lowest BCUT2D eigenvalue weighted by Gasteiger charge is -2.57. The minimum atomic E-state index is 0.331. The lowest BCUT2D eigenvalue weighted by Crippen LogP contribution is -2.47. The molecule has 5 rings (SSSR count). The van der Waals surface area contributed by atoms with Gasteiger partial charge in [-0.05, 0) is 94.0 Å². The molecule has 1 saturated heterocycles. The first-order valence-corrected chi connectivity index (χ1v) is 9.94. The highest BCUT2D eigenvalue weighted by Gasteiger charge is 2.50. The molecule has 0 N–H and O–H groups in total. The quantitative estimate of drug-likeness (QED) is 0.776. The normalized spacial score (nSPS) is 42.7. The largest absolute Gasteiger partial charge is 0.345 e. The molecule has 4 saturated carbocycles. The molecule has 1 aliphatic heterocycles. The number of amides is 1. The lowest BCUT2D eigenvalue weighted by molar-refractivity contribution is -0.133. The zero-order valence-electron chi connectivity index (χ0n) is 15.1. The Hall–Kier alpha value is -0.570. The summed E-state index contributed by atoms with van der Waals surface area (Å²) in [5.41, 5.74) is 0.711. The van der Waals surface area contributed by atoms with Gasteiger partial charge in [0, 0.05) is 26.6 Å². The second kappa shape index (κ2) is 6.06. The Kier molecular flexibility index (Phi) is 4.19. The second-order valence-electron chi connectivity index (χ2n) is 9.61. The van der Waals surface area contributed by atoms with Gasteiger partial charge < -0.3 is 9.80 Å². The summed E-state index contributed by atoms with van der Waals surface area (Å²) in [4.78, 5) is 16.1. The van der Waals surface area contributed by atoms with Gasteiger partial charge in [-0.1, -0.05) is 0 Å². The number of piperidine rings is 1. The van der Waals surface area contributed by atoms with Crippen LogP contribution in [0.25, 0.3) is 0 Å². The average Bonchev–Trinajstić information content (AvgIpc) is 2.48. The number of hydrogen-bond acceptors (Lipinski definition) is 2. The fourth-order valence-corrected chi connectivity index (χ4v) is 6.80. The van der Waals surface area contributed by atoms with E-state index in [1.807, 2.05) is 11.9 Å². The summed E-state index contributed by atoms with van der Waals surface area (Å²) in [6, 6.07) is 0. The molecule has 130 valence electrons. The van der Waals surface area contributed by atoms with Crippen molar-refractivity contribution in [1.82, 2.24) is 9.80 Å². The molecule has 0 spiro atoms. The zero-order valence-corrected chi connectivity index (χ0v) is 15.1. The van der Waals surface area contributed by atoms with Crippen LogP contribution in [0.15, 0.2) is 0 Å². The Balaban J connectivity index is 1.27. The van der Waals surface area contributed by atoms with Crippen LogP contribution >= 0.6 is 0 Å². The number of carbonyl (C=O) groups excluding carboxylic acids is 1. The third-order valence-corrected chi connectivity index (χ3v) is 7.48. The molecule has 1 amide bonds. The molecule has 4 bridgehead atoms. The van der Waals surface area contributed by atoms with Gasteiger partial charge >= 0.3 is 0 Å². The minimum absolute atomic E-state index is 0.331. The molecule has 4 aliphatic carbocycles. The second-order valence-corrected chi connectivity index (χ2v) is 9.61. The fraction of sp³-hybridized carbons (Fsp3) is 0.950. The topological polar surface area (TPSA) is 23.6 Å². The van der Waals surface area contributed by atoms with E-state index in [0.29, 0.717) is 17.2 Å². The Morgan fingerprint density at radius 1 is 1.13 bits per heavy atom. The smallest absolute Gasteiger partial charge is 0.222 e. The van der Waals surface area contributed by atoms with Crippen LogP contribution in [-0.4, -0.2) is 49.4 Å². The number of hydrogen-bond donors (Lipinski definition) is 0. The van der Waals surface area contributed by atoms with E-state index in [1.54, 1.807) is 19.3 Å². The number of carbonyl (C=O) groups is 1. The molecule has 5 fully saturated rings. The summed E-state index contributed by atoms with van der Waals surface area (Å²) >= 11 is 0. The van der Waals surface area contributed by atoms with Crippen molar-refractivity contribution in [2.24, 2.45) is 29.1 Å². The number of rotatable bonds is 5. The predicted octanol–water partition coefficient (Wildman–Crippen LogP) is 3.39. The molecule has 23 heavy (non-hydrogen) atoms. The average molecular weight is 319 g/mol. The van der Waals surface area contributed by atoms with Crippen LogP contribution in [0.4, 0.5) is 0 Å². The van der Waals surface area contributed by atoms with Gasteiger partial charge in [0.2, 0.25) is 5.91 Å². The highest BCUT2D eigenvalue weighted by Crippen LogP contribution is 2.61. The SMILES string of the molecule is CN(CCC12CC3CC(CC(C3)C1)C2)CC1CCC(=O)N(C)C1. The van der Waals surface area contributed by atoms with Crippen LogP contribution in [0.1, 0.15) is 57.8 Å². The highest BCUT2D eigenvalue weighted by molar-refractivity contribution is 5.76. The van der Waals surface area contributed by atoms with Crippen molar-refractivity contribution in [2.75, 3.05) is 33.7 Å². The summed E-state index contributed by atoms with van der Waals surface area (Å²) in [7, 11) is 4.26. The standard InChI is InChI=1S/C20H34N2O/c1-21(13-15-3-4-19(23)22(2)14-15)6-5-20-10-16-7-17(11-20)9-18(8-16)12-20/h15-18H,3-14H2,1-2H3. The Morgan fingerprint density at radius 2 is 1.74 bits per heavy atom. The van der Waals surface area contributed by atoms with Crippen LogP contribution in [0.3, 0.4) is 0 Å². The van der Waals surface area contributed by atoms with Crippen molar-refractivity contribution in [3.05, 3.63) is 0 Å². The Morgan fingerprint density at radius 3 is 2.30 bits per heavy atom. The molecule has 0 aromatic heterocycles. The van der Waals surface area contributed by atoms with Crippen molar-refractivity contribution < 1.29 is 4.79 Å². The van der Waals surface area contributed by atoms with Crippen LogP contribution in [0.2, 0.25) is 0 Å². The van der Waals surface area contributed by atoms with Gasteiger partial charge in [-0.3, -0.25) is 4.79 Å². The van der Waals surface area contributed by atoms with E-state index >= 15 is 0 Å². The zero-order chi connectivity index (χ0) is 16.0. The van der Waals surface area contributed by atoms with Crippen molar-refractivity contribution in [3.8, 4) is 0 Å². The summed E-state index contributed by atoms with van der Waals surface area (Å²) < 4.78 is 0. The molecular weight excluding hydrogens is 284 g/mol. The van der Waals surface area contributed by atoms with E-state index in [4.69, 9.17) is 0 Å². The molecule has 3 heteroatoms. The highest BCUT2D eigenvalue weighted by atomic mass is 16.2. The number of nitrogens with zero attached hydrogens (tertiary/aromatic N) is 2. The van der Waals surface area contributed by atoms with Crippen molar-refractivity contribution >= 4 is 5.91 Å². The van der Waals surface area contributed by atoms with Crippen LogP contribution in [0, 0.1) is 29.1 Å². The fourth-order valence-electron chi connectivity index (χ4n) is 6.80. The van der Waals surface area contributed by atoms with E-state index in [9.17, 15) is 4.79 Å². The maximum Gasteiger partial charge on any atom is 0.222 e. The van der Waals surface area contributed by atoms with Crippen LogP contribution in [-0.2, 0) is 4.79 Å². The first-order chi connectivity index (χ1) is 11.0. The third kappa shape index (κ3) is 3.31. The summed E-state index contributed by atoms with van der Waals surface area (Å²) in [6.07, 6.45) is 12.5. The van der Waals surface area contributed by atoms with Gasteiger partial charge in [0.25, 0.3) is 0 Å². The van der Waals surface area contributed by atoms with E-state index in [-0.39, 0.29) is 0 Å². The van der Waals surface area contributed by atoms with E-state index in [0.717, 1.165) is 37.1 Å².